The van der Waals surface area contributed by atoms with E-state index in [1.54, 1.807) is 13.0 Å². The van der Waals surface area contributed by atoms with Crippen LogP contribution >= 0.6 is 15.9 Å². The smallest absolute Gasteiger partial charge is 0.273 e. The van der Waals surface area contributed by atoms with Gasteiger partial charge in [-0.25, -0.2) is 0 Å². The second-order valence-corrected chi connectivity index (χ2v) is 6.39. The van der Waals surface area contributed by atoms with Crippen LogP contribution in [0.2, 0.25) is 0 Å². The Hall–Kier alpha value is -1.10. The van der Waals surface area contributed by atoms with Gasteiger partial charge in [0.2, 0.25) is 0 Å². The monoisotopic (exact) mass is 326 g/mol. The molecule has 0 bridgehead atoms. The summed E-state index contributed by atoms with van der Waals surface area (Å²) in [6.45, 7) is 6.32. The van der Waals surface area contributed by atoms with Gasteiger partial charge in [-0.15, -0.1) is 0 Å². The number of nitro groups is 1. The number of anilines is 1. The van der Waals surface area contributed by atoms with Crippen LogP contribution in [0, 0.1) is 28.9 Å². The molecule has 19 heavy (non-hydrogen) atoms. The van der Waals surface area contributed by atoms with Gasteiger partial charge in [0.05, 0.1) is 4.92 Å². The number of halogens is 1. The molecule has 0 radical (unpaired) electrons. The van der Waals surface area contributed by atoms with E-state index in [1.165, 1.54) is 6.42 Å². The van der Waals surface area contributed by atoms with Crippen LogP contribution in [0.15, 0.2) is 16.6 Å². The summed E-state index contributed by atoms with van der Waals surface area (Å²) in [4.78, 5) is 10.5. The minimum atomic E-state index is -0.343. The van der Waals surface area contributed by atoms with E-state index in [1.807, 2.05) is 6.07 Å². The quantitative estimate of drug-likeness (QED) is 0.656. The van der Waals surface area contributed by atoms with Crippen molar-refractivity contribution in [3.8, 4) is 0 Å². The Labute approximate surface area is 121 Å². The van der Waals surface area contributed by atoms with Crippen LogP contribution in [0.1, 0.15) is 32.3 Å². The molecule has 0 spiro atoms. The molecule has 3 unspecified atom stereocenters. The van der Waals surface area contributed by atoms with Crippen LogP contribution in [-0.4, -0.2) is 11.0 Å². The van der Waals surface area contributed by atoms with Crippen molar-refractivity contribution in [2.24, 2.45) is 11.8 Å². The van der Waals surface area contributed by atoms with Crippen molar-refractivity contribution in [1.82, 2.24) is 0 Å². The van der Waals surface area contributed by atoms with Gasteiger partial charge in [-0.05, 0) is 53.6 Å². The van der Waals surface area contributed by atoms with Crippen molar-refractivity contribution in [3.05, 3.63) is 32.3 Å². The lowest BCUT2D eigenvalue weighted by Gasteiger charge is -2.22. The van der Waals surface area contributed by atoms with Gasteiger partial charge in [0.15, 0.2) is 0 Å². The average Bonchev–Trinajstić information content (AvgIpc) is 2.65. The molecule has 1 aliphatic rings. The highest BCUT2D eigenvalue weighted by Crippen LogP contribution is 2.36. The Kier molecular flexibility index (Phi) is 4.13. The lowest BCUT2D eigenvalue weighted by atomic mass is 9.97. The molecule has 0 heterocycles. The standard InChI is InChI=1S/C14H19BrN2O2/c1-8-4-5-12(10(8)3)16-13-6-9(2)14(17(18)19)7-11(13)15/h6-8,10,12,16H,4-5H2,1-3H3. The molecule has 0 saturated heterocycles. The molecule has 1 aliphatic carbocycles. The van der Waals surface area contributed by atoms with E-state index in [2.05, 4.69) is 35.1 Å². The molecule has 1 aromatic rings. The number of nitrogens with one attached hydrogen (secondary N) is 1. The fraction of sp³-hybridized carbons (Fsp3) is 0.571. The average molecular weight is 327 g/mol. The molecule has 5 heteroatoms. The third-order valence-corrected chi connectivity index (χ3v) is 4.94. The molecule has 0 aliphatic heterocycles. The molecule has 0 amide bonds. The minimum Gasteiger partial charge on any atom is -0.381 e. The number of nitro benzene ring substituents is 1. The summed E-state index contributed by atoms with van der Waals surface area (Å²) < 4.78 is 0.761. The highest BCUT2D eigenvalue weighted by molar-refractivity contribution is 9.10. The van der Waals surface area contributed by atoms with E-state index in [0.717, 1.165) is 22.5 Å². The zero-order chi connectivity index (χ0) is 14.2. The lowest BCUT2D eigenvalue weighted by molar-refractivity contribution is -0.385. The van der Waals surface area contributed by atoms with Crippen molar-refractivity contribution >= 4 is 27.3 Å². The third kappa shape index (κ3) is 2.91. The maximum absolute atomic E-state index is 10.9. The molecule has 1 fully saturated rings. The van der Waals surface area contributed by atoms with Gasteiger partial charge in [0.1, 0.15) is 0 Å². The second kappa shape index (κ2) is 5.49. The summed E-state index contributed by atoms with van der Waals surface area (Å²) in [5.74, 6) is 1.36. The Morgan fingerprint density at radius 2 is 2.05 bits per heavy atom. The Morgan fingerprint density at radius 3 is 2.58 bits per heavy atom. The van der Waals surface area contributed by atoms with E-state index in [9.17, 15) is 10.1 Å². The Bertz CT molecular complexity index is 504. The first-order valence-electron chi connectivity index (χ1n) is 6.61. The molecule has 3 atom stereocenters. The van der Waals surface area contributed by atoms with E-state index >= 15 is 0 Å². The fourth-order valence-electron chi connectivity index (χ4n) is 2.75. The summed E-state index contributed by atoms with van der Waals surface area (Å²) in [7, 11) is 0. The van der Waals surface area contributed by atoms with Crippen LogP contribution in [0.5, 0.6) is 0 Å². The number of hydrogen-bond donors (Lipinski definition) is 1. The van der Waals surface area contributed by atoms with Gasteiger partial charge in [-0.2, -0.15) is 0 Å². The number of aryl methyl sites for hydroxylation is 1. The fourth-order valence-corrected chi connectivity index (χ4v) is 3.19. The third-order valence-electron chi connectivity index (χ3n) is 4.29. The normalized spacial score (nSPS) is 26.4. The van der Waals surface area contributed by atoms with Crippen LogP contribution in [0.4, 0.5) is 11.4 Å². The molecular formula is C14H19BrN2O2. The van der Waals surface area contributed by atoms with Crippen LogP contribution in [0.25, 0.3) is 0 Å². The van der Waals surface area contributed by atoms with E-state index in [0.29, 0.717) is 17.5 Å². The summed E-state index contributed by atoms with van der Waals surface area (Å²) in [6.07, 6.45) is 2.40. The van der Waals surface area contributed by atoms with E-state index in [-0.39, 0.29) is 10.6 Å². The lowest BCUT2D eigenvalue weighted by Crippen LogP contribution is -2.24. The largest absolute Gasteiger partial charge is 0.381 e. The second-order valence-electron chi connectivity index (χ2n) is 5.54. The molecule has 2 rings (SSSR count). The van der Waals surface area contributed by atoms with Gasteiger partial charge >= 0.3 is 0 Å². The van der Waals surface area contributed by atoms with Gasteiger partial charge < -0.3 is 5.32 Å². The van der Waals surface area contributed by atoms with Gasteiger partial charge in [0.25, 0.3) is 5.69 Å². The number of nitrogens with zero attached hydrogens (tertiary/aromatic N) is 1. The number of rotatable bonds is 3. The number of hydrogen-bond acceptors (Lipinski definition) is 3. The first-order valence-corrected chi connectivity index (χ1v) is 7.40. The molecule has 1 N–H and O–H groups in total. The summed E-state index contributed by atoms with van der Waals surface area (Å²) in [5.41, 5.74) is 1.80. The molecule has 1 saturated carbocycles. The zero-order valence-corrected chi connectivity index (χ0v) is 13.0. The van der Waals surface area contributed by atoms with Crippen molar-refractivity contribution < 1.29 is 4.92 Å². The number of benzene rings is 1. The van der Waals surface area contributed by atoms with Gasteiger partial charge in [-0.1, -0.05) is 13.8 Å². The van der Waals surface area contributed by atoms with Crippen molar-refractivity contribution in [3.63, 3.8) is 0 Å². The van der Waals surface area contributed by atoms with Gasteiger partial charge in [0, 0.05) is 27.8 Å². The SMILES string of the molecule is Cc1cc(NC2CCC(C)C2C)c(Br)cc1[N+](=O)[O-]. The zero-order valence-electron chi connectivity index (χ0n) is 11.4. The minimum absolute atomic E-state index is 0.158. The summed E-state index contributed by atoms with van der Waals surface area (Å²) >= 11 is 3.42. The predicted molar refractivity (Wildman–Crippen MR) is 80.5 cm³/mol. The maximum atomic E-state index is 10.9. The highest BCUT2D eigenvalue weighted by atomic mass is 79.9. The van der Waals surface area contributed by atoms with Crippen LogP contribution in [-0.2, 0) is 0 Å². The van der Waals surface area contributed by atoms with E-state index < -0.39 is 0 Å². The van der Waals surface area contributed by atoms with Gasteiger partial charge in [-0.3, -0.25) is 10.1 Å². The topological polar surface area (TPSA) is 55.2 Å². The molecule has 104 valence electrons. The predicted octanol–water partition coefficient (Wildman–Crippen LogP) is 4.51. The molecular weight excluding hydrogens is 308 g/mol. The summed E-state index contributed by atoms with van der Waals surface area (Å²) in [5, 5.41) is 14.4. The first kappa shape index (κ1) is 14.3. The molecule has 1 aromatic carbocycles. The Balaban J connectivity index is 2.22. The molecule has 0 aromatic heterocycles. The molecule has 4 nitrogen and oxygen atoms in total. The van der Waals surface area contributed by atoms with Crippen molar-refractivity contribution in [1.29, 1.82) is 0 Å². The van der Waals surface area contributed by atoms with Crippen LogP contribution in [0.3, 0.4) is 0 Å². The van der Waals surface area contributed by atoms with Crippen molar-refractivity contribution in [2.75, 3.05) is 5.32 Å². The highest BCUT2D eigenvalue weighted by Gasteiger charge is 2.30. The van der Waals surface area contributed by atoms with E-state index in [4.69, 9.17) is 0 Å². The Morgan fingerprint density at radius 1 is 1.37 bits per heavy atom. The van der Waals surface area contributed by atoms with Crippen LogP contribution < -0.4 is 5.32 Å². The maximum Gasteiger partial charge on any atom is 0.273 e. The van der Waals surface area contributed by atoms with Crippen molar-refractivity contribution in [2.45, 2.75) is 39.7 Å². The summed E-state index contributed by atoms with van der Waals surface area (Å²) in [6, 6.07) is 3.89. The first-order chi connectivity index (χ1) is 8.90.